The smallest absolute Gasteiger partial charge is 0.215 e. The lowest BCUT2D eigenvalue weighted by Crippen LogP contribution is -2.11. The lowest BCUT2D eigenvalue weighted by atomic mass is 9.76. The fourth-order valence-corrected chi connectivity index (χ4v) is 5.24. The number of fused-ring (bicyclic) bond motifs is 5. The molecule has 1 heterocycles. The molecule has 3 heteroatoms. The molecule has 1 aromatic heterocycles. The maximum absolute atomic E-state index is 10.6. The molecule has 0 bridgehead atoms. The molecule has 0 amide bonds. The zero-order chi connectivity index (χ0) is 20.2. The molecule has 1 atom stereocenters. The second-order valence-electron chi connectivity index (χ2n) is 8.24. The van der Waals surface area contributed by atoms with Crippen molar-refractivity contribution in [1.82, 2.24) is 4.98 Å². The number of hydrogen-bond donors (Lipinski definition) is 1. The zero-order valence-corrected chi connectivity index (χ0v) is 17.2. The van der Waals surface area contributed by atoms with Gasteiger partial charge in [0.15, 0.2) is 0 Å². The van der Waals surface area contributed by atoms with E-state index in [4.69, 9.17) is 11.6 Å². The van der Waals surface area contributed by atoms with Crippen molar-refractivity contribution in [1.29, 1.82) is 0 Å². The van der Waals surface area contributed by atoms with E-state index in [0.29, 0.717) is 0 Å². The first-order valence-electron chi connectivity index (χ1n) is 10.4. The Bertz CT molecular complexity index is 1400. The first-order chi connectivity index (χ1) is 14.7. The Balaban J connectivity index is 1.40. The highest BCUT2D eigenvalue weighted by atomic mass is 35.5. The molecular weight excluding hydrogens is 390 g/mol. The van der Waals surface area contributed by atoms with Crippen LogP contribution in [-0.4, -0.2) is 10.1 Å². The fourth-order valence-electron chi connectivity index (χ4n) is 5.06. The number of rotatable bonds is 1. The highest BCUT2D eigenvalue weighted by molar-refractivity contribution is 6.31. The lowest BCUT2D eigenvalue weighted by molar-refractivity contribution is 0.445. The van der Waals surface area contributed by atoms with Crippen LogP contribution in [-0.2, 0) is 6.42 Å². The lowest BCUT2D eigenvalue weighted by Gasteiger charge is -2.29. The molecule has 0 aliphatic heterocycles. The Hall–Kier alpha value is -3.10. The third-order valence-electron chi connectivity index (χ3n) is 6.53. The number of hydrogen-bond acceptors (Lipinski definition) is 2. The second kappa shape index (κ2) is 6.72. The van der Waals surface area contributed by atoms with Crippen molar-refractivity contribution in [2.45, 2.75) is 25.2 Å². The summed E-state index contributed by atoms with van der Waals surface area (Å²) in [6.45, 7) is 0. The van der Waals surface area contributed by atoms with Crippen molar-refractivity contribution >= 4 is 38.8 Å². The first-order valence-corrected chi connectivity index (χ1v) is 10.8. The monoisotopic (exact) mass is 409 g/mol. The van der Waals surface area contributed by atoms with Gasteiger partial charge < -0.3 is 5.11 Å². The summed E-state index contributed by atoms with van der Waals surface area (Å²) >= 11 is 6.19. The summed E-state index contributed by atoms with van der Waals surface area (Å²) in [4.78, 5) is 4.43. The minimum Gasteiger partial charge on any atom is -0.493 e. The van der Waals surface area contributed by atoms with Crippen LogP contribution in [0.2, 0.25) is 5.02 Å². The summed E-state index contributed by atoms with van der Waals surface area (Å²) in [6.07, 6.45) is 7.49. The molecule has 0 saturated carbocycles. The molecule has 0 saturated heterocycles. The van der Waals surface area contributed by atoms with Gasteiger partial charge in [-0.3, -0.25) is 0 Å². The average molecular weight is 410 g/mol. The number of benzene rings is 3. The van der Waals surface area contributed by atoms with E-state index in [2.05, 4.69) is 47.5 Å². The van der Waals surface area contributed by atoms with E-state index in [1.807, 2.05) is 30.3 Å². The minimum absolute atomic E-state index is 0.145. The predicted molar refractivity (Wildman–Crippen MR) is 124 cm³/mol. The van der Waals surface area contributed by atoms with E-state index in [1.54, 1.807) is 0 Å². The van der Waals surface area contributed by atoms with Gasteiger partial charge in [-0.05, 0) is 71.0 Å². The molecular formula is C27H20ClNO. The van der Waals surface area contributed by atoms with E-state index in [1.165, 1.54) is 33.0 Å². The van der Waals surface area contributed by atoms with Crippen molar-refractivity contribution in [3.63, 3.8) is 0 Å². The summed E-state index contributed by atoms with van der Waals surface area (Å²) < 4.78 is 0. The largest absolute Gasteiger partial charge is 0.493 e. The first kappa shape index (κ1) is 17.7. The Morgan fingerprint density at radius 1 is 0.933 bits per heavy atom. The molecule has 3 aromatic carbocycles. The zero-order valence-electron chi connectivity index (χ0n) is 16.4. The fraction of sp³-hybridized carbons (Fsp3) is 0.148. The average Bonchev–Trinajstić information content (AvgIpc) is 2.77. The summed E-state index contributed by atoms with van der Waals surface area (Å²) in [7, 11) is 0. The van der Waals surface area contributed by atoms with Gasteiger partial charge in [-0.1, -0.05) is 65.7 Å². The van der Waals surface area contributed by atoms with Crippen LogP contribution in [0.25, 0.3) is 27.2 Å². The van der Waals surface area contributed by atoms with Crippen molar-refractivity contribution in [3.8, 4) is 5.88 Å². The van der Waals surface area contributed by atoms with Crippen LogP contribution in [0.3, 0.4) is 0 Å². The van der Waals surface area contributed by atoms with Gasteiger partial charge in [0.25, 0.3) is 0 Å². The number of halogens is 1. The van der Waals surface area contributed by atoms with Crippen LogP contribution in [0.4, 0.5) is 0 Å². The van der Waals surface area contributed by atoms with Crippen molar-refractivity contribution in [2.75, 3.05) is 0 Å². The molecule has 30 heavy (non-hydrogen) atoms. The van der Waals surface area contributed by atoms with E-state index >= 15 is 0 Å². The maximum Gasteiger partial charge on any atom is 0.215 e. The minimum atomic E-state index is 0.145. The van der Waals surface area contributed by atoms with E-state index < -0.39 is 0 Å². The Morgan fingerprint density at radius 3 is 2.77 bits per heavy atom. The van der Waals surface area contributed by atoms with Crippen LogP contribution in [0.1, 0.15) is 35.4 Å². The van der Waals surface area contributed by atoms with E-state index in [9.17, 15) is 5.11 Å². The third-order valence-corrected chi connectivity index (χ3v) is 6.77. The normalized spacial score (nSPS) is 18.0. The third kappa shape index (κ3) is 2.75. The van der Waals surface area contributed by atoms with Crippen LogP contribution >= 0.6 is 11.6 Å². The SMILES string of the molecule is Oc1nc2ccccc2cc1C1C=CC2=C(CCc3c2ccc2cc(Cl)ccc32)C1. The van der Waals surface area contributed by atoms with Crippen molar-refractivity contribution in [3.05, 3.63) is 100 Å². The number of aromatic hydroxyl groups is 1. The molecule has 6 rings (SSSR count). The number of aromatic nitrogens is 1. The molecule has 0 radical (unpaired) electrons. The number of aryl methyl sites for hydroxylation is 1. The van der Waals surface area contributed by atoms with Gasteiger partial charge in [0.05, 0.1) is 5.52 Å². The van der Waals surface area contributed by atoms with Crippen molar-refractivity contribution in [2.24, 2.45) is 0 Å². The number of pyridine rings is 1. The molecule has 0 spiro atoms. The Kier molecular flexibility index (Phi) is 3.97. The summed E-state index contributed by atoms with van der Waals surface area (Å²) in [5, 5.41) is 14.9. The molecule has 146 valence electrons. The second-order valence-corrected chi connectivity index (χ2v) is 8.67. The summed E-state index contributed by atoms with van der Waals surface area (Å²) in [5.41, 5.74) is 7.31. The number of nitrogens with zero attached hydrogens (tertiary/aromatic N) is 1. The summed E-state index contributed by atoms with van der Waals surface area (Å²) in [5.74, 6) is 0.299. The summed E-state index contributed by atoms with van der Waals surface area (Å²) in [6, 6.07) is 20.6. The topological polar surface area (TPSA) is 33.1 Å². The van der Waals surface area contributed by atoms with Gasteiger partial charge in [0.2, 0.25) is 5.88 Å². The molecule has 1 unspecified atom stereocenters. The highest BCUT2D eigenvalue weighted by Gasteiger charge is 2.26. The van der Waals surface area contributed by atoms with Gasteiger partial charge in [-0.25, -0.2) is 4.98 Å². The van der Waals surface area contributed by atoms with Crippen LogP contribution in [0.5, 0.6) is 5.88 Å². The standard InChI is InChI=1S/C27H20ClNO/c28-20-8-12-22-18(14-20)7-11-23-21-9-5-17(13-16(21)6-10-24(22)23)25-15-19-3-1-2-4-26(19)29-27(25)30/h1-5,7-9,11-12,14-15,17H,6,10,13H2,(H,29,30). The van der Waals surface area contributed by atoms with Gasteiger partial charge in [0, 0.05) is 21.9 Å². The predicted octanol–water partition coefficient (Wildman–Crippen LogP) is 7.19. The van der Waals surface area contributed by atoms with Crippen LogP contribution in [0, 0.1) is 0 Å². The number of para-hydroxylation sites is 1. The molecule has 2 nitrogen and oxygen atoms in total. The van der Waals surface area contributed by atoms with Gasteiger partial charge >= 0.3 is 0 Å². The highest BCUT2D eigenvalue weighted by Crippen LogP contribution is 2.45. The van der Waals surface area contributed by atoms with Crippen molar-refractivity contribution < 1.29 is 5.11 Å². The Labute approximate surface area is 180 Å². The van der Waals surface area contributed by atoms with Crippen LogP contribution in [0.15, 0.2) is 78.4 Å². The van der Waals surface area contributed by atoms with Gasteiger partial charge in [0.1, 0.15) is 0 Å². The van der Waals surface area contributed by atoms with Gasteiger partial charge in [-0.2, -0.15) is 0 Å². The molecule has 1 N–H and O–H groups in total. The molecule has 2 aliphatic rings. The molecule has 0 fully saturated rings. The molecule has 2 aliphatic carbocycles. The van der Waals surface area contributed by atoms with Crippen LogP contribution < -0.4 is 0 Å². The maximum atomic E-state index is 10.6. The van der Waals surface area contributed by atoms with Gasteiger partial charge in [-0.15, -0.1) is 0 Å². The van der Waals surface area contributed by atoms with E-state index in [-0.39, 0.29) is 11.8 Å². The number of allylic oxidation sites excluding steroid dienone is 4. The van der Waals surface area contributed by atoms with E-state index in [0.717, 1.165) is 40.8 Å². The Morgan fingerprint density at radius 2 is 1.83 bits per heavy atom. The quantitative estimate of drug-likeness (QED) is 0.361. The molecule has 4 aromatic rings.